The standard InChI is InChI=1S/C15H19ClN6O2/c1-20-7-9(16)6-11(20)15(24)21-4-2-10(3-5-21)22-8-19-12(13(22)17)14(18)23/h6-8,10H,2-5,17H2,1H3,(H2,18,23). The Labute approximate surface area is 144 Å². The fourth-order valence-electron chi connectivity index (χ4n) is 3.10. The van der Waals surface area contributed by atoms with Gasteiger partial charge in [0.25, 0.3) is 11.8 Å². The zero-order valence-electron chi connectivity index (χ0n) is 13.3. The number of imidazole rings is 1. The summed E-state index contributed by atoms with van der Waals surface area (Å²) in [4.78, 5) is 29.6. The van der Waals surface area contributed by atoms with Crippen LogP contribution in [0.3, 0.4) is 0 Å². The van der Waals surface area contributed by atoms with Gasteiger partial charge in [0.1, 0.15) is 11.5 Å². The maximum atomic E-state index is 12.6. The third kappa shape index (κ3) is 2.84. The summed E-state index contributed by atoms with van der Waals surface area (Å²) in [6.45, 7) is 1.19. The van der Waals surface area contributed by atoms with Gasteiger partial charge < -0.3 is 25.5 Å². The lowest BCUT2D eigenvalue weighted by Gasteiger charge is -2.33. The van der Waals surface area contributed by atoms with E-state index in [9.17, 15) is 9.59 Å². The molecule has 128 valence electrons. The van der Waals surface area contributed by atoms with Crippen LogP contribution >= 0.6 is 11.6 Å². The van der Waals surface area contributed by atoms with Gasteiger partial charge in [-0.2, -0.15) is 0 Å². The normalized spacial score (nSPS) is 15.7. The van der Waals surface area contributed by atoms with Gasteiger partial charge in [-0.3, -0.25) is 9.59 Å². The van der Waals surface area contributed by atoms with Gasteiger partial charge in [0.2, 0.25) is 0 Å². The highest BCUT2D eigenvalue weighted by Gasteiger charge is 2.27. The van der Waals surface area contributed by atoms with Crippen LogP contribution in [0, 0.1) is 0 Å². The summed E-state index contributed by atoms with van der Waals surface area (Å²) in [5, 5.41) is 0.543. The average molecular weight is 351 g/mol. The number of likely N-dealkylation sites (tertiary alicyclic amines) is 1. The summed E-state index contributed by atoms with van der Waals surface area (Å²) in [7, 11) is 1.80. The molecule has 0 atom stereocenters. The second-order valence-electron chi connectivity index (χ2n) is 5.93. The average Bonchev–Trinajstić information content (AvgIpc) is 3.09. The van der Waals surface area contributed by atoms with Crippen LogP contribution in [0.5, 0.6) is 0 Å². The van der Waals surface area contributed by atoms with E-state index in [-0.39, 0.29) is 23.5 Å². The van der Waals surface area contributed by atoms with E-state index in [1.807, 2.05) is 0 Å². The number of nitrogens with two attached hydrogens (primary N) is 2. The maximum absolute atomic E-state index is 12.6. The number of nitrogens with zero attached hydrogens (tertiary/aromatic N) is 4. The molecule has 1 aliphatic rings. The van der Waals surface area contributed by atoms with E-state index in [4.69, 9.17) is 23.1 Å². The second kappa shape index (κ2) is 6.20. The first kappa shape index (κ1) is 16.4. The van der Waals surface area contributed by atoms with Crippen molar-refractivity contribution in [3.8, 4) is 0 Å². The summed E-state index contributed by atoms with van der Waals surface area (Å²) >= 11 is 5.94. The third-order valence-electron chi connectivity index (χ3n) is 4.40. The van der Waals surface area contributed by atoms with E-state index in [1.165, 1.54) is 6.33 Å². The number of carbonyl (C=O) groups is 2. The van der Waals surface area contributed by atoms with Crippen molar-refractivity contribution in [2.75, 3.05) is 18.8 Å². The fraction of sp³-hybridized carbons (Fsp3) is 0.400. The lowest BCUT2D eigenvalue weighted by atomic mass is 10.0. The highest BCUT2D eigenvalue weighted by Crippen LogP contribution is 2.27. The maximum Gasteiger partial charge on any atom is 0.271 e. The third-order valence-corrected chi connectivity index (χ3v) is 4.61. The topological polar surface area (TPSA) is 112 Å². The number of nitrogen functional groups attached to an aromatic ring is 1. The van der Waals surface area contributed by atoms with Crippen LogP contribution in [0.2, 0.25) is 5.02 Å². The van der Waals surface area contributed by atoms with Crippen LogP contribution in [0.25, 0.3) is 0 Å². The van der Waals surface area contributed by atoms with Crippen molar-refractivity contribution in [2.45, 2.75) is 18.9 Å². The predicted molar refractivity (Wildman–Crippen MR) is 89.8 cm³/mol. The van der Waals surface area contributed by atoms with Crippen molar-refractivity contribution in [2.24, 2.45) is 12.8 Å². The number of primary amides is 1. The van der Waals surface area contributed by atoms with Crippen LogP contribution in [0.15, 0.2) is 18.6 Å². The Hall–Kier alpha value is -2.48. The van der Waals surface area contributed by atoms with Crippen molar-refractivity contribution in [3.63, 3.8) is 0 Å². The van der Waals surface area contributed by atoms with Crippen LogP contribution < -0.4 is 11.5 Å². The molecule has 0 aliphatic carbocycles. The van der Waals surface area contributed by atoms with Crippen molar-refractivity contribution in [3.05, 3.63) is 35.0 Å². The van der Waals surface area contributed by atoms with Gasteiger partial charge >= 0.3 is 0 Å². The predicted octanol–water partition coefficient (Wildman–Crippen LogP) is 1.03. The molecule has 8 nitrogen and oxygen atoms in total. The Morgan fingerprint density at radius 3 is 2.50 bits per heavy atom. The number of halogens is 1. The van der Waals surface area contributed by atoms with Crippen molar-refractivity contribution in [1.29, 1.82) is 0 Å². The summed E-state index contributed by atoms with van der Waals surface area (Å²) in [5.74, 6) is -0.403. The molecule has 24 heavy (non-hydrogen) atoms. The molecule has 3 heterocycles. The molecule has 2 aromatic rings. The summed E-state index contributed by atoms with van der Waals surface area (Å²) in [5.41, 5.74) is 11.8. The Balaban J connectivity index is 1.69. The zero-order chi connectivity index (χ0) is 17.4. The number of amides is 2. The Morgan fingerprint density at radius 2 is 2.00 bits per heavy atom. The van der Waals surface area contributed by atoms with E-state index >= 15 is 0 Å². The van der Waals surface area contributed by atoms with E-state index < -0.39 is 5.91 Å². The first-order valence-corrected chi connectivity index (χ1v) is 7.99. The van der Waals surface area contributed by atoms with Crippen molar-refractivity contribution in [1.82, 2.24) is 19.0 Å². The van der Waals surface area contributed by atoms with Gasteiger partial charge in [0.05, 0.1) is 11.3 Å². The van der Waals surface area contributed by atoms with Crippen molar-refractivity contribution < 1.29 is 9.59 Å². The number of hydrogen-bond donors (Lipinski definition) is 2. The molecule has 1 fully saturated rings. The molecular weight excluding hydrogens is 332 g/mol. The molecule has 0 bridgehead atoms. The summed E-state index contributed by atoms with van der Waals surface area (Å²) in [6.07, 6.45) is 4.69. The summed E-state index contributed by atoms with van der Waals surface area (Å²) in [6, 6.07) is 1.76. The SMILES string of the molecule is Cn1cc(Cl)cc1C(=O)N1CCC(n2cnc(C(N)=O)c2N)CC1. The van der Waals surface area contributed by atoms with Crippen LogP contribution in [0.1, 0.15) is 39.9 Å². The highest BCUT2D eigenvalue weighted by atomic mass is 35.5. The second-order valence-corrected chi connectivity index (χ2v) is 6.36. The quantitative estimate of drug-likeness (QED) is 0.860. The molecule has 0 unspecified atom stereocenters. The van der Waals surface area contributed by atoms with Gasteiger partial charge in [-0.1, -0.05) is 11.6 Å². The van der Waals surface area contributed by atoms with E-state index in [0.717, 1.165) is 12.8 Å². The number of hydrogen-bond acceptors (Lipinski definition) is 4. The van der Waals surface area contributed by atoms with Gasteiger partial charge in [0, 0.05) is 32.4 Å². The number of piperidine rings is 1. The molecule has 9 heteroatoms. The largest absolute Gasteiger partial charge is 0.383 e. The molecule has 3 rings (SSSR count). The van der Waals surface area contributed by atoms with Gasteiger partial charge in [-0.25, -0.2) is 4.98 Å². The van der Waals surface area contributed by atoms with Crippen molar-refractivity contribution >= 4 is 29.2 Å². The zero-order valence-corrected chi connectivity index (χ0v) is 14.0. The number of anilines is 1. The smallest absolute Gasteiger partial charge is 0.271 e. The summed E-state index contributed by atoms with van der Waals surface area (Å²) < 4.78 is 3.49. The minimum absolute atomic E-state index is 0.0423. The number of rotatable bonds is 3. The lowest BCUT2D eigenvalue weighted by Crippen LogP contribution is -2.39. The van der Waals surface area contributed by atoms with E-state index in [0.29, 0.717) is 23.8 Å². The minimum atomic E-state index is -0.639. The molecule has 1 aliphatic heterocycles. The Morgan fingerprint density at radius 1 is 1.33 bits per heavy atom. The first-order valence-electron chi connectivity index (χ1n) is 7.61. The molecular formula is C15H19ClN6O2. The van der Waals surface area contributed by atoms with Gasteiger partial charge in [0.15, 0.2) is 5.69 Å². The molecule has 1 saturated heterocycles. The number of aromatic nitrogens is 3. The molecule has 2 amide bonds. The fourth-order valence-corrected chi connectivity index (χ4v) is 3.35. The molecule has 4 N–H and O–H groups in total. The first-order chi connectivity index (χ1) is 11.4. The molecule has 2 aromatic heterocycles. The number of aryl methyl sites for hydroxylation is 1. The molecule has 0 aromatic carbocycles. The molecule has 0 saturated carbocycles. The van der Waals surface area contributed by atoms with Gasteiger partial charge in [-0.15, -0.1) is 0 Å². The Bertz CT molecular complexity index is 788. The number of carbonyl (C=O) groups excluding carboxylic acids is 2. The highest BCUT2D eigenvalue weighted by molar-refractivity contribution is 6.31. The van der Waals surface area contributed by atoms with E-state index in [1.54, 1.807) is 33.3 Å². The van der Waals surface area contributed by atoms with Crippen LogP contribution in [-0.2, 0) is 7.05 Å². The monoisotopic (exact) mass is 350 g/mol. The van der Waals surface area contributed by atoms with Crippen LogP contribution in [0.4, 0.5) is 5.82 Å². The lowest BCUT2D eigenvalue weighted by molar-refractivity contribution is 0.0685. The molecule has 0 spiro atoms. The Kier molecular flexibility index (Phi) is 4.23. The van der Waals surface area contributed by atoms with Gasteiger partial charge in [-0.05, 0) is 18.9 Å². The van der Waals surface area contributed by atoms with Crippen LogP contribution in [-0.4, -0.2) is 43.9 Å². The molecule has 0 radical (unpaired) electrons. The van der Waals surface area contributed by atoms with E-state index in [2.05, 4.69) is 4.98 Å². The minimum Gasteiger partial charge on any atom is -0.383 e.